The minimum atomic E-state index is -0.0647. The second-order valence-electron chi connectivity index (χ2n) is 7.27. The summed E-state index contributed by atoms with van der Waals surface area (Å²) < 4.78 is 5.39. The van der Waals surface area contributed by atoms with E-state index in [1.807, 2.05) is 12.1 Å². The third kappa shape index (κ3) is 4.69. The molecule has 2 aliphatic heterocycles. The van der Waals surface area contributed by atoms with Crippen molar-refractivity contribution in [3.63, 3.8) is 0 Å². The smallest absolute Gasteiger partial charge is 0.252 e. The van der Waals surface area contributed by atoms with E-state index in [4.69, 9.17) is 21.3 Å². The van der Waals surface area contributed by atoms with Gasteiger partial charge in [-0.1, -0.05) is 23.7 Å². The average Bonchev–Trinajstić information content (AvgIpc) is 2.70. The first-order chi connectivity index (χ1) is 13.2. The highest BCUT2D eigenvalue weighted by Crippen LogP contribution is 2.27. The largest absolute Gasteiger partial charge is 0.378 e. The second kappa shape index (κ2) is 8.42. The first-order valence-corrected chi connectivity index (χ1v) is 9.96. The normalized spacial score (nSPS) is 19.4. The molecule has 27 heavy (non-hydrogen) atoms. The molecule has 0 spiro atoms. The summed E-state index contributed by atoms with van der Waals surface area (Å²) in [5.41, 5.74) is 2.14. The lowest BCUT2D eigenvalue weighted by Gasteiger charge is -2.32. The number of likely N-dealkylation sites (tertiary alicyclic amines) is 1. The minimum absolute atomic E-state index is 0.0647. The van der Waals surface area contributed by atoms with Crippen molar-refractivity contribution in [3.8, 4) is 0 Å². The molecule has 0 radical (unpaired) electrons. The Balaban J connectivity index is 1.39. The molecule has 0 amide bonds. The zero-order chi connectivity index (χ0) is 18.6. The number of rotatable bonds is 4. The van der Waals surface area contributed by atoms with Crippen molar-refractivity contribution in [1.82, 2.24) is 14.9 Å². The van der Waals surface area contributed by atoms with Crippen LogP contribution in [0.3, 0.4) is 0 Å². The van der Waals surface area contributed by atoms with Gasteiger partial charge < -0.3 is 9.64 Å². The van der Waals surface area contributed by atoms with Crippen molar-refractivity contribution >= 4 is 17.5 Å². The van der Waals surface area contributed by atoms with Crippen molar-refractivity contribution in [2.45, 2.75) is 25.3 Å². The van der Waals surface area contributed by atoms with E-state index in [2.05, 4.69) is 26.9 Å². The Morgan fingerprint density at radius 1 is 1.11 bits per heavy atom. The van der Waals surface area contributed by atoms with Crippen molar-refractivity contribution < 1.29 is 4.74 Å². The number of anilines is 1. The topological polar surface area (TPSA) is 61.5 Å². The van der Waals surface area contributed by atoms with E-state index in [0.29, 0.717) is 25.1 Å². The molecule has 1 aromatic heterocycles. The summed E-state index contributed by atoms with van der Waals surface area (Å²) in [6.45, 7) is 5.85. The van der Waals surface area contributed by atoms with Crippen molar-refractivity contribution in [2.24, 2.45) is 0 Å². The van der Waals surface area contributed by atoms with E-state index < -0.39 is 0 Å². The number of halogens is 1. The highest BCUT2D eigenvalue weighted by atomic mass is 35.5. The molecule has 4 rings (SSSR count). The van der Waals surface area contributed by atoms with E-state index in [0.717, 1.165) is 56.3 Å². The van der Waals surface area contributed by atoms with Crippen LogP contribution in [0.5, 0.6) is 0 Å². The molecule has 3 heterocycles. The quantitative estimate of drug-likeness (QED) is 0.872. The highest BCUT2D eigenvalue weighted by molar-refractivity contribution is 6.30. The Morgan fingerprint density at radius 3 is 2.52 bits per heavy atom. The molecule has 144 valence electrons. The fourth-order valence-corrected chi connectivity index (χ4v) is 3.96. The number of piperidine rings is 1. The number of hydrogen-bond donors (Lipinski definition) is 1. The van der Waals surface area contributed by atoms with Crippen LogP contribution >= 0.6 is 11.6 Å². The number of hydrogen-bond acceptors (Lipinski definition) is 5. The number of aromatic amines is 1. The monoisotopic (exact) mass is 388 g/mol. The van der Waals surface area contributed by atoms with E-state index in [9.17, 15) is 4.79 Å². The lowest BCUT2D eigenvalue weighted by Crippen LogP contribution is -2.39. The number of aromatic nitrogens is 2. The van der Waals surface area contributed by atoms with Gasteiger partial charge in [0.2, 0.25) is 5.95 Å². The first-order valence-electron chi connectivity index (χ1n) is 9.58. The summed E-state index contributed by atoms with van der Waals surface area (Å²) >= 11 is 5.96. The van der Waals surface area contributed by atoms with Crippen LogP contribution in [0.2, 0.25) is 5.02 Å². The zero-order valence-electron chi connectivity index (χ0n) is 15.4. The summed E-state index contributed by atoms with van der Waals surface area (Å²) in [7, 11) is 0. The van der Waals surface area contributed by atoms with E-state index in [1.165, 1.54) is 5.56 Å². The van der Waals surface area contributed by atoms with Crippen LogP contribution in [0.25, 0.3) is 0 Å². The van der Waals surface area contributed by atoms with Gasteiger partial charge >= 0.3 is 0 Å². The van der Waals surface area contributed by atoms with Crippen LogP contribution in [0.15, 0.2) is 35.1 Å². The molecule has 1 aromatic carbocycles. The maximum Gasteiger partial charge on any atom is 0.252 e. The van der Waals surface area contributed by atoms with Gasteiger partial charge in [-0.15, -0.1) is 0 Å². The molecule has 7 heteroatoms. The Morgan fingerprint density at radius 2 is 1.81 bits per heavy atom. The van der Waals surface area contributed by atoms with Gasteiger partial charge in [-0.3, -0.25) is 14.7 Å². The average molecular weight is 389 g/mol. The van der Waals surface area contributed by atoms with Crippen molar-refractivity contribution in [2.75, 3.05) is 44.3 Å². The summed E-state index contributed by atoms with van der Waals surface area (Å²) in [5.74, 6) is 1.03. The Labute approximate surface area is 164 Å². The van der Waals surface area contributed by atoms with Gasteiger partial charge in [-0.05, 0) is 43.6 Å². The summed E-state index contributed by atoms with van der Waals surface area (Å²) in [5, 5.41) is 0.772. The van der Waals surface area contributed by atoms with Crippen LogP contribution in [-0.2, 0) is 11.3 Å². The number of nitrogens with one attached hydrogen (secondary N) is 1. The molecule has 0 atom stereocenters. The molecular weight excluding hydrogens is 364 g/mol. The van der Waals surface area contributed by atoms with Crippen LogP contribution < -0.4 is 10.5 Å². The molecular formula is C20H25ClN4O2. The first kappa shape index (κ1) is 18.5. The summed E-state index contributed by atoms with van der Waals surface area (Å²) in [6, 6.07) is 9.72. The lowest BCUT2D eigenvalue weighted by atomic mass is 9.93. The molecule has 6 nitrogen and oxygen atoms in total. The third-order valence-corrected chi connectivity index (χ3v) is 5.64. The van der Waals surface area contributed by atoms with Gasteiger partial charge in [0.1, 0.15) is 0 Å². The number of H-pyrrole nitrogens is 1. The van der Waals surface area contributed by atoms with Gasteiger partial charge in [-0.2, -0.15) is 0 Å². The molecule has 0 bridgehead atoms. The van der Waals surface area contributed by atoms with Crippen LogP contribution in [0, 0.1) is 0 Å². The molecule has 2 aromatic rings. The van der Waals surface area contributed by atoms with Gasteiger partial charge in [0.15, 0.2) is 0 Å². The van der Waals surface area contributed by atoms with Gasteiger partial charge in [0, 0.05) is 36.6 Å². The predicted molar refractivity (Wildman–Crippen MR) is 107 cm³/mol. The SMILES string of the molecule is O=c1cc(C2CCN(Cc3ccc(Cl)cc3)CC2)nc(N2CCOCC2)[nH]1. The number of nitrogens with zero attached hydrogens (tertiary/aromatic N) is 3. The third-order valence-electron chi connectivity index (χ3n) is 5.38. The molecule has 0 unspecified atom stereocenters. The summed E-state index contributed by atoms with van der Waals surface area (Å²) in [6.07, 6.45) is 2.04. The molecule has 0 saturated carbocycles. The van der Waals surface area contributed by atoms with Crippen LogP contribution in [0.1, 0.15) is 30.0 Å². The minimum Gasteiger partial charge on any atom is -0.378 e. The summed E-state index contributed by atoms with van der Waals surface area (Å²) in [4.78, 5) is 24.4. The van der Waals surface area contributed by atoms with Gasteiger partial charge in [-0.25, -0.2) is 4.98 Å². The van der Waals surface area contributed by atoms with E-state index in [1.54, 1.807) is 6.07 Å². The number of ether oxygens (including phenoxy) is 1. The van der Waals surface area contributed by atoms with E-state index in [-0.39, 0.29) is 5.56 Å². The standard InChI is InChI=1S/C20H25ClN4O2/c21-17-3-1-15(2-4-17)14-24-7-5-16(6-8-24)18-13-19(26)23-20(22-18)25-9-11-27-12-10-25/h1-4,13,16H,5-12,14H2,(H,22,23,26). The fourth-order valence-electron chi connectivity index (χ4n) is 3.83. The van der Waals surface area contributed by atoms with E-state index >= 15 is 0 Å². The zero-order valence-corrected chi connectivity index (χ0v) is 16.1. The fraction of sp³-hybridized carbons (Fsp3) is 0.500. The lowest BCUT2D eigenvalue weighted by molar-refractivity contribution is 0.122. The highest BCUT2D eigenvalue weighted by Gasteiger charge is 2.23. The second-order valence-corrected chi connectivity index (χ2v) is 7.71. The Hall–Kier alpha value is -1.89. The van der Waals surface area contributed by atoms with Crippen LogP contribution in [0.4, 0.5) is 5.95 Å². The number of benzene rings is 1. The molecule has 0 aliphatic carbocycles. The molecule has 2 fully saturated rings. The van der Waals surface area contributed by atoms with Gasteiger partial charge in [0.05, 0.1) is 18.9 Å². The Kier molecular flexibility index (Phi) is 5.76. The predicted octanol–water partition coefficient (Wildman–Crippen LogP) is 2.64. The maximum absolute atomic E-state index is 12.2. The Bertz CT molecular complexity index is 809. The molecule has 1 N–H and O–H groups in total. The number of morpholine rings is 1. The van der Waals surface area contributed by atoms with Crippen molar-refractivity contribution in [1.29, 1.82) is 0 Å². The maximum atomic E-state index is 12.2. The molecule has 2 saturated heterocycles. The molecule has 2 aliphatic rings. The van der Waals surface area contributed by atoms with Gasteiger partial charge in [0.25, 0.3) is 5.56 Å². The van der Waals surface area contributed by atoms with Crippen molar-refractivity contribution in [3.05, 3.63) is 57.0 Å². The van der Waals surface area contributed by atoms with Crippen LogP contribution in [-0.4, -0.2) is 54.3 Å².